The maximum Gasteiger partial charge on any atom is 0.119 e. The molecule has 0 aromatic heterocycles. The third kappa shape index (κ3) is 3.93. The highest BCUT2D eigenvalue weighted by atomic mass is 16.5. The first-order chi connectivity index (χ1) is 9.28. The second kappa shape index (κ2) is 6.89. The number of nitrogens with one attached hydrogen (secondary N) is 1. The average Bonchev–Trinajstić information content (AvgIpc) is 2.41. The van der Waals surface area contributed by atoms with Gasteiger partial charge in [-0.1, -0.05) is 19.1 Å². The van der Waals surface area contributed by atoms with E-state index in [0.717, 1.165) is 31.9 Å². The number of hydrogen-bond donors (Lipinski definition) is 2. The van der Waals surface area contributed by atoms with Gasteiger partial charge in [-0.05, 0) is 24.1 Å². The van der Waals surface area contributed by atoms with Gasteiger partial charge in [-0.2, -0.15) is 0 Å². The molecule has 2 N–H and O–H groups in total. The summed E-state index contributed by atoms with van der Waals surface area (Å²) in [6.07, 6.45) is 1.02. The first-order valence-corrected chi connectivity index (χ1v) is 6.89. The van der Waals surface area contributed by atoms with E-state index in [9.17, 15) is 5.11 Å². The van der Waals surface area contributed by atoms with Crippen LogP contribution in [0, 0.1) is 5.41 Å². The maximum absolute atomic E-state index is 9.32. The molecule has 0 unspecified atom stereocenters. The minimum absolute atomic E-state index is 0.0653. The SMILES string of the molecule is CCCOc1ccc(CNCC2(CO)COC2)cc1. The zero-order chi connectivity index (χ0) is 13.6. The van der Waals surface area contributed by atoms with Crippen molar-refractivity contribution >= 4 is 0 Å². The van der Waals surface area contributed by atoms with Gasteiger partial charge in [-0.25, -0.2) is 0 Å². The first-order valence-electron chi connectivity index (χ1n) is 6.89. The van der Waals surface area contributed by atoms with E-state index < -0.39 is 0 Å². The summed E-state index contributed by atoms with van der Waals surface area (Å²) < 4.78 is 10.7. The predicted octanol–water partition coefficient (Wildman–Crippen LogP) is 1.57. The van der Waals surface area contributed by atoms with E-state index in [0.29, 0.717) is 13.2 Å². The number of benzene rings is 1. The van der Waals surface area contributed by atoms with E-state index >= 15 is 0 Å². The molecule has 4 nitrogen and oxygen atoms in total. The first kappa shape index (κ1) is 14.3. The summed E-state index contributed by atoms with van der Waals surface area (Å²) in [7, 11) is 0. The van der Waals surface area contributed by atoms with Gasteiger partial charge < -0.3 is 19.9 Å². The van der Waals surface area contributed by atoms with Gasteiger partial charge in [0.1, 0.15) is 5.75 Å². The largest absolute Gasteiger partial charge is 0.494 e. The Labute approximate surface area is 114 Å². The number of aliphatic hydroxyl groups excluding tert-OH is 1. The monoisotopic (exact) mass is 265 g/mol. The molecule has 0 amide bonds. The molecule has 1 aliphatic heterocycles. The van der Waals surface area contributed by atoms with Crippen molar-refractivity contribution in [2.45, 2.75) is 19.9 Å². The van der Waals surface area contributed by atoms with Crippen molar-refractivity contribution in [3.05, 3.63) is 29.8 Å². The molecule has 2 rings (SSSR count). The lowest BCUT2D eigenvalue weighted by atomic mass is 9.87. The molecule has 0 saturated carbocycles. The van der Waals surface area contributed by atoms with E-state index in [4.69, 9.17) is 9.47 Å². The van der Waals surface area contributed by atoms with Crippen LogP contribution in [0.4, 0.5) is 0 Å². The lowest BCUT2D eigenvalue weighted by molar-refractivity contribution is -0.134. The molecule has 1 aromatic rings. The zero-order valence-electron chi connectivity index (χ0n) is 11.5. The second-order valence-electron chi connectivity index (χ2n) is 5.25. The Kier molecular flexibility index (Phi) is 5.19. The van der Waals surface area contributed by atoms with Gasteiger partial charge in [0.2, 0.25) is 0 Å². The highest BCUT2D eigenvalue weighted by Gasteiger charge is 2.37. The van der Waals surface area contributed by atoms with Crippen LogP contribution in [0.25, 0.3) is 0 Å². The summed E-state index contributed by atoms with van der Waals surface area (Å²) >= 11 is 0. The van der Waals surface area contributed by atoms with Gasteiger partial charge in [0.05, 0.1) is 31.8 Å². The topological polar surface area (TPSA) is 50.7 Å². The van der Waals surface area contributed by atoms with Crippen LogP contribution in [0.1, 0.15) is 18.9 Å². The van der Waals surface area contributed by atoms with E-state index in [2.05, 4.69) is 24.4 Å². The van der Waals surface area contributed by atoms with E-state index in [1.807, 2.05) is 12.1 Å². The molecule has 0 radical (unpaired) electrons. The predicted molar refractivity (Wildman–Crippen MR) is 74.3 cm³/mol. The van der Waals surface area contributed by atoms with Crippen LogP contribution in [0.2, 0.25) is 0 Å². The van der Waals surface area contributed by atoms with Crippen LogP contribution < -0.4 is 10.1 Å². The van der Waals surface area contributed by atoms with Crippen molar-refractivity contribution in [3.63, 3.8) is 0 Å². The van der Waals surface area contributed by atoms with Gasteiger partial charge in [-0.15, -0.1) is 0 Å². The third-order valence-corrected chi connectivity index (χ3v) is 3.38. The van der Waals surface area contributed by atoms with Crippen LogP contribution in [0.15, 0.2) is 24.3 Å². The van der Waals surface area contributed by atoms with Gasteiger partial charge in [0.15, 0.2) is 0 Å². The van der Waals surface area contributed by atoms with Crippen molar-refractivity contribution in [2.24, 2.45) is 5.41 Å². The molecule has 4 heteroatoms. The van der Waals surface area contributed by atoms with Crippen molar-refractivity contribution in [1.29, 1.82) is 0 Å². The van der Waals surface area contributed by atoms with Crippen molar-refractivity contribution in [1.82, 2.24) is 5.32 Å². The smallest absolute Gasteiger partial charge is 0.119 e. The minimum Gasteiger partial charge on any atom is -0.494 e. The van der Waals surface area contributed by atoms with Crippen molar-refractivity contribution < 1.29 is 14.6 Å². The van der Waals surface area contributed by atoms with Gasteiger partial charge >= 0.3 is 0 Å². The molecular formula is C15H23NO3. The van der Waals surface area contributed by atoms with Crippen LogP contribution in [-0.2, 0) is 11.3 Å². The lowest BCUT2D eigenvalue weighted by Gasteiger charge is -2.40. The summed E-state index contributed by atoms with van der Waals surface area (Å²) in [4.78, 5) is 0. The summed E-state index contributed by atoms with van der Waals surface area (Å²) in [6, 6.07) is 8.14. The molecule has 1 heterocycles. The number of aliphatic hydroxyl groups is 1. The van der Waals surface area contributed by atoms with Crippen LogP contribution in [-0.4, -0.2) is 38.1 Å². The fraction of sp³-hybridized carbons (Fsp3) is 0.600. The Balaban J connectivity index is 1.73. The molecular weight excluding hydrogens is 242 g/mol. The number of hydrogen-bond acceptors (Lipinski definition) is 4. The van der Waals surface area contributed by atoms with Crippen LogP contribution in [0.5, 0.6) is 5.75 Å². The molecule has 1 saturated heterocycles. The maximum atomic E-state index is 9.32. The van der Waals surface area contributed by atoms with Gasteiger partial charge in [0.25, 0.3) is 0 Å². The second-order valence-corrected chi connectivity index (χ2v) is 5.25. The molecule has 0 bridgehead atoms. The summed E-state index contributed by atoms with van der Waals surface area (Å²) in [6.45, 7) is 5.94. The lowest BCUT2D eigenvalue weighted by Crippen LogP contribution is -2.52. The van der Waals surface area contributed by atoms with Crippen LogP contribution >= 0.6 is 0 Å². The minimum atomic E-state index is -0.0653. The van der Waals surface area contributed by atoms with Crippen molar-refractivity contribution in [3.8, 4) is 5.75 Å². The molecule has 0 atom stereocenters. The Morgan fingerprint density at radius 3 is 2.58 bits per heavy atom. The average molecular weight is 265 g/mol. The Morgan fingerprint density at radius 1 is 1.32 bits per heavy atom. The highest BCUT2D eigenvalue weighted by Crippen LogP contribution is 2.25. The Hall–Kier alpha value is -1.10. The van der Waals surface area contributed by atoms with E-state index in [-0.39, 0.29) is 12.0 Å². The van der Waals surface area contributed by atoms with Crippen molar-refractivity contribution in [2.75, 3.05) is 33.0 Å². The zero-order valence-corrected chi connectivity index (χ0v) is 11.5. The number of ether oxygens (including phenoxy) is 2. The Morgan fingerprint density at radius 2 is 2.05 bits per heavy atom. The van der Waals surface area contributed by atoms with Gasteiger partial charge in [0, 0.05) is 13.1 Å². The molecule has 106 valence electrons. The normalized spacial score (nSPS) is 16.9. The molecule has 19 heavy (non-hydrogen) atoms. The molecule has 1 aliphatic rings. The Bertz CT molecular complexity index is 368. The summed E-state index contributed by atoms with van der Waals surface area (Å²) in [5.74, 6) is 0.921. The summed E-state index contributed by atoms with van der Waals surface area (Å²) in [5, 5.41) is 12.7. The van der Waals surface area contributed by atoms with Gasteiger partial charge in [-0.3, -0.25) is 0 Å². The highest BCUT2D eigenvalue weighted by molar-refractivity contribution is 5.27. The standard InChI is InChI=1S/C15H23NO3/c1-2-7-19-14-5-3-13(4-6-14)8-16-9-15(10-17)11-18-12-15/h3-6,16-17H,2,7-12H2,1H3. The molecule has 0 spiro atoms. The number of rotatable bonds is 8. The van der Waals surface area contributed by atoms with E-state index in [1.165, 1.54) is 5.56 Å². The quantitative estimate of drug-likeness (QED) is 0.749. The molecule has 1 fully saturated rings. The fourth-order valence-corrected chi connectivity index (χ4v) is 2.04. The summed E-state index contributed by atoms with van der Waals surface area (Å²) in [5.41, 5.74) is 1.15. The molecule has 1 aromatic carbocycles. The molecule has 0 aliphatic carbocycles. The fourth-order valence-electron chi connectivity index (χ4n) is 2.04. The van der Waals surface area contributed by atoms with E-state index in [1.54, 1.807) is 0 Å². The van der Waals surface area contributed by atoms with Crippen LogP contribution in [0.3, 0.4) is 0 Å². The third-order valence-electron chi connectivity index (χ3n) is 3.38.